The summed E-state index contributed by atoms with van der Waals surface area (Å²) in [5.41, 5.74) is 2.05. The highest BCUT2D eigenvalue weighted by Gasteiger charge is 2.39. The van der Waals surface area contributed by atoms with Crippen LogP contribution in [0.2, 0.25) is 0 Å². The zero-order valence-corrected chi connectivity index (χ0v) is 22.7. The van der Waals surface area contributed by atoms with Gasteiger partial charge in [-0.15, -0.1) is 0 Å². The molecule has 0 bridgehead atoms. The molecule has 0 aromatic heterocycles. The smallest absolute Gasteiger partial charge is 0.266 e. The van der Waals surface area contributed by atoms with Gasteiger partial charge in [0.1, 0.15) is 6.61 Å². The first-order chi connectivity index (χ1) is 18.2. The molecule has 0 unspecified atom stereocenters. The first-order valence-corrected chi connectivity index (χ1v) is 14.8. The molecule has 3 fully saturated rings. The van der Waals surface area contributed by atoms with Gasteiger partial charge in [-0.3, -0.25) is 14.7 Å². The number of rotatable bonds is 8. The number of amidine groups is 1. The van der Waals surface area contributed by atoms with Crippen molar-refractivity contribution in [1.82, 2.24) is 4.90 Å². The average Bonchev–Trinajstić information content (AvgIpc) is 3.24. The van der Waals surface area contributed by atoms with E-state index in [-0.39, 0.29) is 11.9 Å². The molecule has 1 saturated heterocycles. The number of amides is 1. The first kappa shape index (κ1) is 25.9. The normalized spacial score (nSPS) is 21.6. The van der Waals surface area contributed by atoms with E-state index < -0.39 is 0 Å². The molecule has 6 heteroatoms. The molecule has 5 rings (SSSR count). The van der Waals surface area contributed by atoms with Gasteiger partial charge in [-0.05, 0) is 73.7 Å². The van der Waals surface area contributed by atoms with Crippen molar-refractivity contribution in [2.24, 2.45) is 4.99 Å². The highest BCUT2D eigenvalue weighted by Crippen LogP contribution is 2.39. The van der Waals surface area contributed by atoms with Crippen LogP contribution in [-0.2, 0) is 11.4 Å². The van der Waals surface area contributed by atoms with Gasteiger partial charge in [0.2, 0.25) is 0 Å². The lowest BCUT2D eigenvalue weighted by atomic mass is 9.94. The molecule has 2 aromatic carbocycles. The van der Waals surface area contributed by atoms with E-state index in [9.17, 15) is 4.79 Å². The fourth-order valence-corrected chi connectivity index (χ4v) is 6.60. The largest absolute Gasteiger partial charge is 0.490 e. The maximum absolute atomic E-state index is 13.7. The molecule has 0 atom stereocenters. The lowest BCUT2D eigenvalue weighted by Gasteiger charge is -2.31. The number of carbonyl (C=O) groups excluding carboxylic acids is 1. The van der Waals surface area contributed by atoms with E-state index in [0.29, 0.717) is 30.8 Å². The predicted octanol–water partition coefficient (Wildman–Crippen LogP) is 7.60. The van der Waals surface area contributed by atoms with Crippen molar-refractivity contribution in [3.05, 3.63) is 64.6 Å². The van der Waals surface area contributed by atoms with Crippen LogP contribution in [0.3, 0.4) is 0 Å². The summed E-state index contributed by atoms with van der Waals surface area (Å²) in [5, 5.41) is 0.919. The molecule has 1 amide bonds. The molecule has 2 aliphatic carbocycles. The number of hydrogen-bond acceptors (Lipinski definition) is 5. The van der Waals surface area contributed by atoms with Crippen molar-refractivity contribution >= 4 is 28.9 Å². The summed E-state index contributed by atoms with van der Waals surface area (Å²) in [5.74, 6) is 1.51. The van der Waals surface area contributed by atoms with Crippen molar-refractivity contribution in [3.8, 4) is 11.5 Å². The van der Waals surface area contributed by atoms with E-state index in [1.54, 1.807) is 11.8 Å². The molecule has 37 heavy (non-hydrogen) atoms. The van der Waals surface area contributed by atoms with Crippen molar-refractivity contribution in [2.45, 2.75) is 89.8 Å². The zero-order chi connectivity index (χ0) is 25.5. The van der Waals surface area contributed by atoms with Crippen LogP contribution in [0.25, 0.3) is 6.08 Å². The Hall–Kier alpha value is -2.73. The van der Waals surface area contributed by atoms with Crippen molar-refractivity contribution < 1.29 is 14.3 Å². The molecular weight excluding hydrogens is 480 g/mol. The van der Waals surface area contributed by atoms with Crippen LogP contribution >= 0.6 is 11.8 Å². The predicted molar refractivity (Wildman–Crippen MR) is 152 cm³/mol. The standard InChI is InChI=1S/C31H38N2O3S/c1-2-35-28-20-24(18-19-27(28)36-22-23-12-6-3-7-13-23)21-29-30(34)33(26-16-10-5-11-17-26)31(37-29)32-25-14-8-4-9-15-25/h3,6-7,12-13,18-21,25-26H,2,4-5,8-11,14-17,22H2,1H3. The van der Waals surface area contributed by atoms with Gasteiger partial charge in [0.25, 0.3) is 5.91 Å². The number of thioether (sulfide) groups is 1. The Labute approximate surface area is 225 Å². The molecule has 0 spiro atoms. The molecule has 1 aliphatic heterocycles. The summed E-state index contributed by atoms with van der Waals surface area (Å²) in [6.07, 6.45) is 13.9. The maximum atomic E-state index is 13.7. The average molecular weight is 519 g/mol. The quantitative estimate of drug-likeness (QED) is 0.338. The van der Waals surface area contributed by atoms with E-state index in [1.165, 1.54) is 38.5 Å². The molecule has 0 N–H and O–H groups in total. The minimum atomic E-state index is 0.105. The fourth-order valence-electron chi connectivity index (χ4n) is 5.49. The third-order valence-corrected chi connectivity index (χ3v) is 8.44. The van der Waals surface area contributed by atoms with Gasteiger partial charge < -0.3 is 9.47 Å². The number of carbonyl (C=O) groups is 1. The molecule has 0 radical (unpaired) electrons. The van der Waals surface area contributed by atoms with Crippen LogP contribution < -0.4 is 9.47 Å². The summed E-state index contributed by atoms with van der Waals surface area (Å²) in [6.45, 7) is 2.99. The Balaban J connectivity index is 1.38. The Kier molecular flexibility index (Phi) is 8.88. The molecule has 3 aliphatic rings. The van der Waals surface area contributed by atoms with Gasteiger partial charge in [0.15, 0.2) is 16.7 Å². The number of benzene rings is 2. The topological polar surface area (TPSA) is 51.1 Å². The zero-order valence-electron chi connectivity index (χ0n) is 21.9. The second-order valence-electron chi connectivity index (χ2n) is 10.2. The monoisotopic (exact) mass is 518 g/mol. The lowest BCUT2D eigenvalue weighted by Crippen LogP contribution is -2.41. The summed E-state index contributed by atoms with van der Waals surface area (Å²) in [6, 6.07) is 16.7. The lowest BCUT2D eigenvalue weighted by molar-refractivity contribution is -0.124. The summed E-state index contributed by atoms with van der Waals surface area (Å²) in [7, 11) is 0. The Morgan fingerprint density at radius 3 is 2.38 bits per heavy atom. The maximum Gasteiger partial charge on any atom is 0.266 e. The number of hydrogen-bond donors (Lipinski definition) is 0. The van der Waals surface area contributed by atoms with Gasteiger partial charge >= 0.3 is 0 Å². The third kappa shape index (κ3) is 6.59. The SMILES string of the molecule is CCOc1cc(C=C2SC(=NC3CCCCC3)N(C3CCCCC3)C2=O)ccc1OCc1ccccc1. The molecule has 5 nitrogen and oxygen atoms in total. The van der Waals surface area contributed by atoms with E-state index in [4.69, 9.17) is 14.5 Å². The van der Waals surface area contributed by atoms with Crippen LogP contribution in [-0.4, -0.2) is 34.7 Å². The van der Waals surface area contributed by atoms with Gasteiger partial charge in [-0.1, -0.05) is 74.9 Å². The minimum Gasteiger partial charge on any atom is -0.490 e. The molecular formula is C31H38N2O3S. The molecule has 2 aromatic rings. The summed E-state index contributed by atoms with van der Waals surface area (Å²) < 4.78 is 12.0. The van der Waals surface area contributed by atoms with Crippen LogP contribution in [0, 0.1) is 0 Å². The minimum absolute atomic E-state index is 0.105. The van der Waals surface area contributed by atoms with E-state index in [2.05, 4.69) is 0 Å². The Morgan fingerprint density at radius 1 is 0.919 bits per heavy atom. The van der Waals surface area contributed by atoms with Crippen LogP contribution in [0.1, 0.15) is 82.3 Å². The second kappa shape index (κ2) is 12.7. The van der Waals surface area contributed by atoms with Crippen molar-refractivity contribution in [2.75, 3.05) is 6.61 Å². The molecule has 2 saturated carbocycles. The van der Waals surface area contributed by atoms with Gasteiger partial charge in [-0.25, -0.2) is 0 Å². The van der Waals surface area contributed by atoms with E-state index in [1.807, 2.05) is 66.4 Å². The van der Waals surface area contributed by atoms with Gasteiger partial charge in [0.05, 0.1) is 17.6 Å². The molecule has 196 valence electrons. The van der Waals surface area contributed by atoms with Crippen LogP contribution in [0.4, 0.5) is 0 Å². The number of ether oxygens (including phenoxy) is 2. The van der Waals surface area contributed by atoms with Gasteiger partial charge in [0, 0.05) is 6.04 Å². The molecule has 1 heterocycles. The number of nitrogens with zero attached hydrogens (tertiary/aromatic N) is 2. The first-order valence-electron chi connectivity index (χ1n) is 14.0. The fraction of sp³-hybridized carbons (Fsp3) is 0.484. The highest BCUT2D eigenvalue weighted by molar-refractivity contribution is 8.18. The third-order valence-electron chi connectivity index (χ3n) is 7.45. The summed E-state index contributed by atoms with van der Waals surface area (Å²) in [4.78, 5) is 21.6. The van der Waals surface area contributed by atoms with E-state index >= 15 is 0 Å². The second-order valence-corrected chi connectivity index (χ2v) is 11.2. The Morgan fingerprint density at radius 2 is 1.65 bits per heavy atom. The van der Waals surface area contributed by atoms with Crippen LogP contribution in [0.15, 0.2) is 58.4 Å². The van der Waals surface area contributed by atoms with E-state index in [0.717, 1.165) is 46.9 Å². The Bertz CT molecular complexity index is 1120. The van der Waals surface area contributed by atoms with Crippen molar-refractivity contribution in [3.63, 3.8) is 0 Å². The van der Waals surface area contributed by atoms with Crippen molar-refractivity contribution in [1.29, 1.82) is 0 Å². The highest BCUT2D eigenvalue weighted by atomic mass is 32.2. The van der Waals surface area contributed by atoms with Gasteiger partial charge in [-0.2, -0.15) is 0 Å². The van der Waals surface area contributed by atoms with Crippen LogP contribution in [0.5, 0.6) is 11.5 Å². The number of aliphatic imine (C=N–C) groups is 1. The summed E-state index contributed by atoms with van der Waals surface area (Å²) >= 11 is 1.56.